The van der Waals surface area contributed by atoms with Crippen LogP contribution in [0.3, 0.4) is 0 Å². The molecule has 6 nitrogen and oxygen atoms in total. The molecule has 0 radical (unpaired) electrons. The minimum Gasteiger partial charge on any atom is -0.462 e. The van der Waals surface area contributed by atoms with Gasteiger partial charge in [0.2, 0.25) is 0 Å². The van der Waals surface area contributed by atoms with Gasteiger partial charge >= 0.3 is 17.9 Å². The van der Waals surface area contributed by atoms with Crippen LogP contribution in [0.15, 0.2) is 85.1 Å². The van der Waals surface area contributed by atoms with Gasteiger partial charge < -0.3 is 14.2 Å². The first-order valence-electron chi connectivity index (χ1n) is 29.1. The van der Waals surface area contributed by atoms with Crippen molar-refractivity contribution in [2.24, 2.45) is 0 Å². The number of allylic oxidation sites excluding steroid dienone is 14. The molecule has 0 fully saturated rings. The van der Waals surface area contributed by atoms with Gasteiger partial charge in [-0.2, -0.15) is 0 Å². The predicted octanol–water partition coefficient (Wildman–Crippen LogP) is 19.5. The summed E-state index contributed by atoms with van der Waals surface area (Å²) in [4.78, 5) is 38.0. The maximum atomic E-state index is 12.8. The third-order valence-electron chi connectivity index (χ3n) is 12.4. The van der Waals surface area contributed by atoms with Crippen molar-refractivity contribution in [1.82, 2.24) is 0 Å². The van der Waals surface area contributed by atoms with Crippen LogP contribution in [0.4, 0.5) is 0 Å². The van der Waals surface area contributed by atoms with Crippen LogP contribution in [0.25, 0.3) is 0 Å². The normalized spacial score (nSPS) is 12.7. The number of carbonyl (C=O) groups is 3. The molecule has 0 aliphatic heterocycles. The molecule has 0 bridgehead atoms. The Morgan fingerprint density at radius 1 is 0.304 bits per heavy atom. The Morgan fingerprint density at radius 3 is 0.884 bits per heavy atom. The van der Waals surface area contributed by atoms with Gasteiger partial charge in [-0.05, 0) is 96.3 Å². The van der Waals surface area contributed by atoms with Crippen LogP contribution in [0.1, 0.15) is 278 Å². The van der Waals surface area contributed by atoms with E-state index in [0.29, 0.717) is 19.3 Å². The summed E-state index contributed by atoms with van der Waals surface area (Å²) in [6, 6.07) is 0. The number of ether oxygens (including phenoxy) is 3. The second-order valence-electron chi connectivity index (χ2n) is 19.2. The van der Waals surface area contributed by atoms with E-state index in [-0.39, 0.29) is 31.1 Å². The smallest absolute Gasteiger partial charge is 0.306 e. The lowest BCUT2D eigenvalue weighted by molar-refractivity contribution is -0.167. The number of unbranched alkanes of at least 4 members (excludes halogenated alkanes) is 27. The summed E-state index contributed by atoms with van der Waals surface area (Å²) in [6.07, 6.45) is 74.5. The maximum Gasteiger partial charge on any atom is 0.306 e. The molecule has 0 saturated carbocycles. The largest absolute Gasteiger partial charge is 0.462 e. The van der Waals surface area contributed by atoms with E-state index in [1.807, 2.05) is 0 Å². The highest BCUT2D eigenvalue weighted by molar-refractivity contribution is 5.71. The average molecular weight is 962 g/mol. The van der Waals surface area contributed by atoms with Gasteiger partial charge in [-0.25, -0.2) is 0 Å². The molecule has 0 saturated heterocycles. The predicted molar refractivity (Wildman–Crippen MR) is 297 cm³/mol. The van der Waals surface area contributed by atoms with Crippen LogP contribution in [-0.4, -0.2) is 37.2 Å². The summed E-state index contributed by atoms with van der Waals surface area (Å²) in [5.41, 5.74) is 0. The zero-order valence-electron chi connectivity index (χ0n) is 45.3. The highest BCUT2D eigenvalue weighted by Gasteiger charge is 2.19. The standard InChI is InChI=1S/C63H108O6/c1-4-7-10-13-16-18-20-22-24-26-28-30-31-33-34-36-38-40-42-44-47-50-53-56-62(65)68-59-60(58-67-61(64)55-52-49-46-15-12-9-6-3)69-63(66)57-54-51-48-45-43-41-39-37-35-32-29-27-25-23-21-19-17-14-11-8-5-2/h8,11,17,19-20,22-23,25-26,28-29,32,37,39,60H,4-7,9-10,12-16,18,21,24,27,30-31,33-36,38,40-59H2,1-3H3/b11-8-,19-17-,22-20-,25-23-,28-26-,32-29-,39-37-. The van der Waals surface area contributed by atoms with E-state index >= 15 is 0 Å². The van der Waals surface area contributed by atoms with Crippen LogP contribution in [0, 0.1) is 0 Å². The molecular formula is C63H108O6. The van der Waals surface area contributed by atoms with Crippen LogP contribution in [0.2, 0.25) is 0 Å². The van der Waals surface area contributed by atoms with Crippen LogP contribution >= 0.6 is 0 Å². The zero-order valence-corrected chi connectivity index (χ0v) is 45.3. The summed E-state index contributed by atoms with van der Waals surface area (Å²) in [6.45, 7) is 6.47. The molecule has 6 heteroatoms. The number of rotatable bonds is 52. The molecule has 396 valence electrons. The molecule has 69 heavy (non-hydrogen) atoms. The SMILES string of the molecule is CC/C=C\C/C=C\C/C=C\C/C=C\C/C=C\CCCCCCCC(=O)OC(COC(=O)CCCCCCCCC)COC(=O)CCCCCCCCCCCCC/C=C\C/C=C\CCCCCCC. The van der Waals surface area contributed by atoms with Crippen molar-refractivity contribution >= 4 is 17.9 Å². The van der Waals surface area contributed by atoms with Gasteiger partial charge in [0.25, 0.3) is 0 Å². The van der Waals surface area contributed by atoms with E-state index in [4.69, 9.17) is 14.2 Å². The lowest BCUT2D eigenvalue weighted by Gasteiger charge is -2.18. The monoisotopic (exact) mass is 961 g/mol. The topological polar surface area (TPSA) is 78.9 Å². The summed E-state index contributed by atoms with van der Waals surface area (Å²) < 4.78 is 16.8. The molecule has 0 amide bonds. The van der Waals surface area contributed by atoms with Gasteiger partial charge in [-0.15, -0.1) is 0 Å². The first kappa shape index (κ1) is 65.6. The Kier molecular flexibility index (Phi) is 54.3. The van der Waals surface area contributed by atoms with E-state index in [0.717, 1.165) is 116 Å². The first-order chi connectivity index (χ1) is 34.0. The van der Waals surface area contributed by atoms with E-state index in [1.165, 1.54) is 122 Å². The molecule has 0 aliphatic carbocycles. The number of hydrogen-bond donors (Lipinski definition) is 0. The fraction of sp³-hybridized carbons (Fsp3) is 0.730. The fourth-order valence-electron chi connectivity index (χ4n) is 8.03. The molecule has 0 N–H and O–H groups in total. The molecule has 0 aromatic carbocycles. The lowest BCUT2D eigenvalue weighted by atomic mass is 10.0. The molecule has 0 spiro atoms. The summed E-state index contributed by atoms with van der Waals surface area (Å²) >= 11 is 0. The lowest BCUT2D eigenvalue weighted by Crippen LogP contribution is -2.30. The first-order valence-corrected chi connectivity index (χ1v) is 29.1. The van der Waals surface area contributed by atoms with E-state index in [9.17, 15) is 14.4 Å². The molecule has 0 aliphatic rings. The quantitative estimate of drug-likeness (QED) is 0.0262. The molecule has 0 aromatic heterocycles. The molecule has 0 aromatic rings. The van der Waals surface area contributed by atoms with Crippen molar-refractivity contribution in [3.8, 4) is 0 Å². The Hall–Kier alpha value is -3.41. The van der Waals surface area contributed by atoms with E-state index in [1.54, 1.807) is 0 Å². The van der Waals surface area contributed by atoms with Gasteiger partial charge in [0.1, 0.15) is 13.2 Å². The summed E-state index contributed by atoms with van der Waals surface area (Å²) in [5, 5.41) is 0. The van der Waals surface area contributed by atoms with E-state index in [2.05, 4.69) is 106 Å². The van der Waals surface area contributed by atoms with Gasteiger partial charge in [-0.1, -0.05) is 247 Å². The number of hydrogen-bond acceptors (Lipinski definition) is 6. The minimum atomic E-state index is -0.785. The Labute approximate surface area is 426 Å². The number of esters is 3. The molecule has 0 rings (SSSR count). The highest BCUT2D eigenvalue weighted by atomic mass is 16.6. The molecular weight excluding hydrogens is 853 g/mol. The van der Waals surface area contributed by atoms with Gasteiger partial charge in [-0.3, -0.25) is 14.4 Å². The van der Waals surface area contributed by atoms with Gasteiger partial charge in [0, 0.05) is 19.3 Å². The van der Waals surface area contributed by atoms with Crippen molar-refractivity contribution in [2.75, 3.05) is 13.2 Å². The number of carbonyl (C=O) groups excluding carboxylic acids is 3. The average Bonchev–Trinajstić information content (AvgIpc) is 3.35. The van der Waals surface area contributed by atoms with Crippen LogP contribution in [-0.2, 0) is 28.6 Å². The van der Waals surface area contributed by atoms with Gasteiger partial charge in [0.05, 0.1) is 0 Å². The van der Waals surface area contributed by atoms with Crippen LogP contribution < -0.4 is 0 Å². The van der Waals surface area contributed by atoms with Crippen molar-refractivity contribution in [3.05, 3.63) is 85.1 Å². The summed E-state index contributed by atoms with van der Waals surface area (Å²) in [5.74, 6) is -0.907. The van der Waals surface area contributed by atoms with Crippen molar-refractivity contribution < 1.29 is 28.6 Å². The molecule has 0 heterocycles. The van der Waals surface area contributed by atoms with Crippen molar-refractivity contribution in [2.45, 2.75) is 284 Å². The Balaban J connectivity index is 4.23. The van der Waals surface area contributed by atoms with Gasteiger partial charge in [0.15, 0.2) is 6.10 Å². The zero-order chi connectivity index (χ0) is 50.0. The highest BCUT2D eigenvalue weighted by Crippen LogP contribution is 2.15. The third kappa shape index (κ3) is 55.4. The second kappa shape index (κ2) is 57.2. The maximum absolute atomic E-state index is 12.8. The van der Waals surface area contributed by atoms with Crippen LogP contribution in [0.5, 0.6) is 0 Å². The van der Waals surface area contributed by atoms with E-state index < -0.39 is 6.10 Å². The summed E-state index contributed by atoms with van der Waals surface area (Å²) in [7, 11) is 0. The van der Waals surface area contributed by atoms with Crippen molar-refractivity contribution in [1.29, 1.82) is 0 Å². The van der Waals surface area contributed by atoms with Crippen molar-refractivity contribution in [3.63, 3.8) is 0 Å². The Bertz CT molecular complexity index is 1330. The third-order valence-corrected chi connectivity index (χ3v) is 12.4. The minimum absolute atomic E-state index is 0.0844. The fourth-order valence-corrected chi connectivity index (χ4v) is 8.03. The molecule has 1 unspecified atom stereocenters. The Morgan fingerprint density at radius 2 is 0.565 bits per heavy atom. The molecule has 1 atom stereocenters. The second-order valence-corrected chi connectivity index (χ2v) is 19.2.